The molecule has 0 bridgehead atoms. The fourth-order valence-electron chi connectivity index (χ4n) is 0.950. The summed E-state index contributed by atoms with van der Waals surface area (Å²) in [6, 6.07) is 4.65. The van der Waals surface area contributed by atoms with Crippen molar-refractivity contribution in [1.82, 2.24) is 0 Å². The predicted octanol–water partition coefficient (Wildman–Crippen LogP) is 2.82. The first-order chi connectivity index (χ1) is 6.63. The second kappa shape index (κ2) is 4.91. The Bertz CT molecular complexity index is 374. The van der Waals surface area contributed by atoms with E-state index in [1.807, 2.05) is 0 Å². The van der Waals surface area contributed by atoms with Crippen molar-refractivity contribution in [3.8, 4) is 0 Å². The number of carboxylic acids is 1. The molecular formula is C10H8BrFO2. The lowest BCUT2D eigenvalue weighted by atomic mass is 10.1. The van der Waals surface area contributed by atoms with Gasteiger partial charge in [-0.1, -0.05) is 28.1 Å². The number of carboxylic acid groups (broad SMARTS) is 1. The molecule has 14 heavy (non-hydrogen) atoms. The number of hydrogen-bond donors (Lipinski definition) is 1. The van der Waals surface area contributed by atoms with Gasteiger partial charge in [0.25, 0.3) is 0 Å². The van der Waals surface area contributed by atoms with Gasteiger partial charge in [-0.25, -0.2) is 9.18 Å². The highest BCUT2D eigenvalue weighted by Crippen LogP contribution is 2.14. The van der Waals surface area contributed by atoms with E-state index in [0.29, 0.717) is 5.33 Å². The van der Waals surface area contributed by atoms with Gasteiger partial charge >= 0.3 is 5.97 Å². The van der Waals surface area contributed by atoms with Gasteiger partial charge in [0.05, 0.1) is 0 Å². The fourth-order valence-corrected chi connectivity index (χ4v) is 1.30. The third-order valence-electron chi connectivity index (χ3n) is 1.62. The van der Waals surface area contributed by atoms with Gasteiger partial charge in [-0.15, -0.1) is 0 Å². The van der Waals surface area contributed by atoms with Crippen LogP contribution in [0.5, 0.6) is 0 Å². The lowest BCUT2D eigenvalue weighted by Gasteiger charge is -1.99. The number of alkyl halides is 1. The van der Waals surface area contributed by atoms with Gasteiger partial charge in [0.2, 0.25) is 0 Å². The smallest absolute Gasteiger partial charge is 0.328 e. The summed E-state index contributed by atoms with van der Waals surface area (Å²) >= 11 is 3.20. The van der Waals surface area contributed by atoms with E-state index in [2.05, 4.69) is 15.9 Å². The average Bonchev–Trinajstić information content (AvgIpc) is 2.15. The molecule has 0 aliphatic carbocycles. The summed E-state index contributed by atoms with van der Waals surface area (Å²) in [4.78, 5) is 10.2. The van der Waals surface area contributed by atoms with Crippen LogP contribution in [-0.4, -0.2) is 11.1 Å². The van der Waals surface area contributed by atoms with Crippen LogP contribution in [0.4, 0.5) is 4.39 Å². The Morgan fingerprint density at radius 3 is 2.79 bits per heavy atom. The summed E-state index contributed by atoms with van der Waals surface area (Å²) < 4.78 is 13.2. The van der Waals surface area contributed by atoms with Crippen molar-refractivity contribution in [3.05, 3.63) is 41.2 Å². The van der Waals surface area contributed by atoms with Gasteiger partial charge in [-0.05, 0) is 17.7 Å². The molecule has 1 aromatic carbocycles. The van der Waals surface area contributed by atoms with Crippen LogP contribution in [0.1, 0.15) is 11.1 Å². The summed E-state index contributed by atoms with van der Waals surface area (Å²) in [5.74, 6) is -1.51. The summed E-state index contributed by atoms with van der Waals surface area (Å²) in [5, 5.41) is 8.93. The lowest BCUT2D eigenvalue weighted by Crippen LogP contribution is -1.89. The third-order valence-corrected chi connectivity index (χ3v) is 2.27. The van der Waals surface area contributed by atoms with Crippen LogP contribution >= 0.6 is 15.9 Å². The zero-order chi connectivity index (χ0) is 10.6. The van der Waals surface area contributed by atoms with Crippen LogP contribution in [-0.2, 0) is 10.1 Å². The SMILES string of the molecule is O=C(O)/C=C/c1ccc(CBr)cc1F. The van der Waals surface area contributed by atoms with Crippen LogP contribution in [0.15, 0.2) is 24.3 Å². The Morgan fingerprint density at radius 2 is 2.29 bits per heavy atom. The van der Waals surface area contributed by atoms with E-state index in [1.54, 1.807) is 12.1 Å². The molecule has 0 amide bonds. The first-order valence-corrected chi connectivity index (χ1v) is 5.01. The summed E-state index contributed by atoms with van der Waals surface area (Å²) in [7, 11) is 0. The summed E-state index contributed by atoms with van der Waals surface area (Å²) in [5.41, 5.74) is 1.09. The van der Waals surface area contributed by atoms with Crippen molar-refractivity contribution in [1.29, 1.82) is 0 Å². The van der Waals surface area contributed by atoms with Crippen LogP contribution in [0.2, 0.25) is 0 Å². The standard InChI is InChI=1S/C10H8BrFO2/c11-6-7-1-2-8(9(12)5-7)3-4-10(13)14/h1-5H,6H2,(H,13,14)/b4-3+. The third kappa shape index (κ3) is 2.96. The molecule has 0 fully saturated rings. The molecule has 4 heteroatoms. The fraction of sp³-hybridized carbons (Fsp3) is 0.100. The molecule has 0 atom stereocenters. The van der Waals surface area contributed by atoms with Crippen molar-refractivity contribution in [2.24, 2.45) is 0 Å². The lowest BCUT2D eigenvalue weighted by molar-refractivity contribution is -0.131. The van der Waals surface area contributed by atoms with E-state index in [-0.39, 0.29) is 5.56 Å². The number of carbonyl (C=O) groups is 1. The zero-order valence-electron chi connectivity index (χ0n) is 7.21. The number of aliphatic carboxylic acids is 1. The molecule has 0 spiro atoms. The average molecular weight is 259 g/mol. The maximum atomic E-state index is 13.2. The molecule has 0 aliphatic rings. The molecule has 0 saturated carbocycles. The van der Waals surface area contributed by atoms with E-state index < -0.39 is 11.8 Å². The molecule has 0 aliphatic heterocycles. The highest BCUT2D eigenvalue weighted by molar-refractivity contribution is 9.08. The van der Waals surface area contributed by atoms with Gasteiger partial charge in [0.15, 0.2) is 0 Å². The molecule has 0 unspecified atom stereocenters. The van der Waals surface area contributed by atoms with E-state index in [9.17, 15) is 9.18 Å². The maximum Gasteiger partial charge on any atom is 0.328 e. The Labute approximate surface area is 89.2 Å². The van der Waals surface area contributed by atoms with Gasteiger partial charge in [-0.3, -0.25) is 0 Å². The van der Waals surface area contributed by atoms with Crippen molar-refractivity contribution in [2.75, 3.05) is 0 Å². The number of benzene rings is 1. The molecule has 1 aromatic rings. The largest absolute Gasteiger partial charge is 0.478 e. The van der Waals surface area contributed by atoms with Crippen molar-refractivity contribution < 1.29 is 14.3 Å². The molecule has 2 nitrogen and oxygen atoms in total. The number of rotatable bonds is 3. The maximum absolute atomic E-state index is 13.2. The topological polar surface area (TPSA) is 37.3 Å². The minimum Gasteiger partial charge on any atom is -0.478 e. The highest BCUT2D eigenvalue weighted by atomic mass is 79.9. The molecule has 0 aromatic heterocycles. The highest BCUT2D eigenvalue weighted by Gasteiger charge is 2.00. The van der Waals surface area contributed by atoms with Crippen LogP contribution in [0, 0.1) is 5.82 Å². The first kappa shape index (κ1) is 10.9. The number of hydrogen-bond acceptors (Lipinski definition) is 1. The molecular weight excluding hydrogens is 251 g/mol. The van der Waals surface area contributed by atoms with Crippen molar-refractivity contribution >= 4 is 28.0 Å². The minimum absolute atomic E-state index is 0.275. The number of halogens is 2. The summed E-state index contributed by atoms with van der Waals surface area (Å²) in [6.45, 7) is 0. The zero-order valence-corrected chi connectivity index (χ0v) is 8.79. The van der Waals surface area contributed by atoms with Crippen LogP contribution < -0.4 is 0 Å². The Morgan fingerprint density at radius 1 is 1.57 bits per heavy atom. The van der Waals surface area contributed by atoms with E-state index in [1.165, 1.54) is 12.1 Å². The monoisotopic (exact) mass is 258 g/mol. The van der Waals surface area contributed by atoms with Crippen molar-refractivity contribution in [3.63, 3.8) is 0 Å². The minimum atomic E-state index is -1.09. The Hall–Kier alpha value is -1.16. The Kier molecular flexibility index (Phi) is 3.83. The molecule has 0 saturated heterocycles. The van der Waals surface area contributed by atoms with Gasteiger partial charge in [0, 0.05) is 17.0 Å². The van der Waals surface area contributed by atoms with E-state index in [0.717, 1.165) is 11.6 Å². The normalized spacial score (nSPS) is 10.7. The van der Waals surface area contributed by atoms with E-state index in [4.69, 9.17) is 5.11 Å². The molecule has 1 rings (SSSR count). The predicted molar refractivity (Wildman–Crippen MR) is 55.7 cm³/mol. The quantitative estimate of drug-likeness (QED) is 0.669. The van der Waals surface area contributed by atoms with Gasteiger partial charge in [0.1, 0.15) is 5.82 Å². The molecule has 0 heterocycles. The van der Waals surface area contributed by atoms with Crippen LogP contribution in [0.3, 0.4) is 0 Å². The first-order valence-electron chi connectivity index (χ1n) is 3.89. The van der Waals surface area contributed by atoms with Gasteiger partial charge < -0.3 is 5.11 Å². The molecule has 1 N–H and O–H groups in total. The molecule has 0 radical (unpaired) electrons. The van der Waals surface area contributed by atoms with Gasteiger partial charge in [-0.2, -0.15) is 0 Å². The summed E-state index contributed by atoms with van der Waals surface area (Å²) in [6.07, 6.45) is 2.14. The second-order valence-electron chi connectivity index (χ2n) is 2.66. The van der Waals surface area contributed by atoms with Crippen LogP contribution in [0.25, 0.3) is 6.08 Å². The van der Waals surface area contributed by atoms with Crippen molar-refractivity contribution in [2.45, 2.75) is 5.33 Å². The Balaban J connectivity index is 2.94. The second-order valence-corrected chi connectivity index (χ2v) is 3.22. The molecule has 74 valence electrons. The van der Waals surface area contributed by atoms with E-state index >= 15 is 0 Å².